The molecule has 0 unspecified atom stereocenters. The van der Waals surface area contributed by atoms with Crippen LogP contribution in [0.15, 0.2) is 18.2 Å². The van der Waals surface area contributed by atoms with Crippen molar-refractivity contribution in [2.45, 2.75) is 33.6 Å². The lowest BCUT2D eigenvalue weighted by atomic mass is 10.0. The molecule has 0 atom stereocenters. The number of anilines is 1. The van der Waals surface area contributed by atoms with Gasteiger partial charge in [-0.2, -0.15) is 0 Å². The predicted octanol–water partition coefficient (Wildman–Crippen LogP) is 3.89. The lowest BCUT2D eigenvalue weighted by Crippen LogP contribution is -2.06. The Labute approximate surface area is 119 Å². The first-order valence-corrected chi connectivity index (χ1v) is 6.88. The molecule has 20 heavy (non-hydrogen) atoms. The van der Waals surface area contributed by atoms with Crippen molar-refractivity contribution in [1.29, 1.82) is 0 Å². The zero-order chi connectivity index (χ0) is 14.7. The summed E-state index contributed by atoms with van der Waals surface area (Å²) in [5.74, 6) is 1.26. The van der Waals surface area contributed by atoms with Gasteiger partial charge in [-0.05, 0) is 32.4 Å². The standard InChI is InChI=1S/C16H20FN3/c1-5-6-14-19-15(11(3)16(18-4)20-14)12-9-10(2)7-8-13(12)17/h7-9H,5-6H2,1-4H3,(H,18,19,20). The molecule has 1 aromatic carbocycles. The monoisotopic (exact) mass is 273 g/mol. The van der Waals surface area contributed by atoms with E-state index in [0.717, 1.165) is 35.6 Å². The minimum absolute atomic E-state index is 0.248. The molecule has 0 fully saturated rings. The molecule has 0 bridgehead atoms. The van der Waals surface area contributed by atoms with Crippen molar-refractivity contribution >= 4 is 5.82 Å². The molecule has 2 rings (SSSR count). The highest BCUT2D eigenvalue weighted by atomic mass is 19.1. The molecule has 1 aromatic heterocycles. The fourth-order valence-corrected chi connectivity index (χ4v) is 2.22. The van der Waals surface area contributed by atoms with Gasteiger partial charge in [0.15, 0.2) is 0 Å². The lowest BCUT2D eigenvalue weighted by Gasteiger charge is -2.13. The molecular formula is C16H20FN3. The van der Waals surface area contributed by atoms with Crippen molar-refractivity contribution < 1.29 is 4.39 Å². The fraction of sp³-hybridized carbons (Fsp3) is 0.375. The van der Waals surface area contributed by atoms with Crippen LogP contribution in [0.5, 0.6) is 0 Å². The van der Waals surface area contributed by atoms with Crippen LogP contribution in [-0.2, 0) is 6.42 Å². The number of rotatable bonds is 4. The molecule has 0 aliphatic carbocycles. The normalized spacial score (nSPS) is 10.7. The maximum atomic E-state index is 14.1. The summed E-state index contributed by atoms with van der Waals surface area (Å²) in [6.07, 6.45) is 1.75. The van der Waals surface area contributed by atoms with Crippen molar-refractivity contribution in [3.63, 3.8) is 0 Å². The summed E-state index contributed by atoms with van der Waals surface area (Å²) in [6.45, 7) is 5.94. The number of benzene rings is 1. The molecular weight excluding hydrogens is 253 g/mol. The van der Waals surface area contributed by atoms with E-state index in [1.807, 2.05) is 27.0 Å². The van der Waals surface area contributed by atoms with Crippen LogP contribution in [0, 0.1) is 19.7 Å². The van der Waals surface area contributed by atoms with Crippen LogP contribution in [-0.4, -0.2) is 17.0 Å². The molecule has 0 aliphatic rings. The van der Waals surface area contributed by atoms with E-state index < -0.39 is 0 Å². The molecule has 2 aromatic rings. The summed E-state index contributed by atoms with van der Waals surface area (Å²) < 4.78 is 14.1. The van der Waals surface area contributed by atoms with E-state index in [9.17, 15) is 4.39 Å². The van der Waals surface area contributed by atoms with E-state index in [2.05, 4.69) is 22.2 Å². The van der Waals surface area contributed by atoms with Gasteiger partial charge in [0.2, 0.25) is 0 Å². The van der Waals surface area contributed by atoms with Crippen LogP contribution in [0.4, 0.5) is 10.2 Å². The van der Waals surface area contributed by atoms with Gasteiger partial charge in [-0.25, -0.2) is 14.4 Å². The first kappa shape index (κ1) is 14.4. The van der Waals surface area contributed by atoms with Crippen LogP contribution < -0.4 is 5.32 Å². The third-order valence-corrected chi connectivity index (χ3v) is 3.28. The first-order valence-electron chi connectivity index (χ1n) is 6.88. The largest absolute Gasteiger partial charge is 0.373 e. The average molecular weight is 273 g/mol. The highest BCUT2D eigenvalue weighted by Crippen LogP contribution is 2.28. The zero-order valence-electron chi connectivity index (χ0n) is 12.4. The van der Waals surface area contributed by atoms with Gasteiger partial charge in [0, 0.05) is 24.6 Å². The number of aromatic nitrogens is 2. The molecule has 0 aliphatic heterocycles. The van der Waals surface area contributed by atoms with Gasteiger partial charge in [0.1, 0.15) is 17.5 Å². The van der Waals surface area contributed by atoms with E-state index >= 15 is 0 Å². The van der Waals surface area contributed by atoms with E-state index in [1.54, 1.807) is 6.07 Å². The van der Waals surface area contributed by atoms with E-state index in [-0.39, 0.29) is 5.82 Å². The molecule has 106 valence electrons. The smallest absolute Gasteiger partial charge is 0.133 e. The Hall–Kier alpha value is -1.97. The second kappa shape index (κ2) is 5.99. The summed E-state index contributed by atoms with van der Waals surface area (Å²) in [5.41, 5.74) is 3.10. The van der Waals surface area contributed by atoms with E-state index in [1.165, 1.54) is 6.07 Å². The maximum Gasteiger partial charge on any atom is 0.133 e. The van der Waals surface area contributed by atoms with Crippen LogP contribution in [0.25, 0.3) is 11.3 Å². The third-order valence-electron chi connectivity index (χ3n) is 3.28. The number of nitrogens with zero attached hydrogens (tertiary/aromatic N) is 2. The second-order valence-electron chi connectivity index (χ2n) is 4.95. The van der Waals surface area contributed by atoms with Gasteiger partial charge in [0.05, 0.1) is 5.69 Å². The van der Waals surface area contributed by atoms with Crippen molar-refractivity contribution in [3.05, 3.63) is 41.0 Å². The van der Waals surface area contributed by atoms with Crippen LogP contribution in [0.1, 0.15) is 30.3 Å². The average Bonchev–Trinajstić information content (AvgIpc) is 2.43. The molecule has 4 heteroatoms. The Bertz CT molecular complexity index is 623. The molecule has 0 saturated heterocycles. The van der Waals surface area contributed by atoms with Crippen molar-refractivity contribution in [2.24, 2.45) is 0 Å². The molecule has 0 spiro atoms. The zero-order valence-corrected chi connectivity index (χ0v) is 12.4. The predicted molar refractivity (Wildman–Crippen MR) is 80.4 cm³/mol. The van der Waals surface area contributed by atoms with Crippen LogP contribution >= 0.6 is 0 Å². The van der Waals surface area contributed by atoms with Gasteiger partial charge in [-0.3, -0.25) is 0 Å². The van der Waals surface area contributed by atoms with E-state index in [0.29, 0.717) is 11.3 Å². The SMILES string of the molecule is CCCc1nc(NC)c(C)c(-c2cc(C)ccc2F)n1. The van der Waals surface area contributed by atoms with Gasteiger partial charge in [0.25, 0.3) is 0 Å². The van der Waals surface area contributed by atoms with Crippen molar-refractivity contribution in [2.75, 3.05) is 12.4 Å². The number of halogens is 1. The minimum Gasteiger partial charge on any atom is -0.373 e. The number of nitrogens with one attached hydrogen (secondary N) is 1. The van der Waals surface area contributed by atoms with Gasteiger partial charge in [-0.15, -0.1) is 0 Å². The quantitative estimate of drug-likeness (QED) is 0.918. The molecule has 0 radical (unpaired) electrons. The number of aryl methyl sites for hydroxylation is 2. The Balaban J connectivity index is 2.65. The van der Waals surface area contributed by atoms with Gasteiger partial charge in [-0.1, -0.05) is 18.6 Å². The Morgan fingerprint density at radius 3 is 2.60 bits per heavy atom. The van der Waals surface area contributed by atoms with E-state index in [4.69, 9.17) is 0 Å². The minimum atomic E-state index is -0.248. The molecule has 1 N–H and O–H groups in total. The van der Waals surface area contributed by atoms with Crippen molar-refractivity contribution in [3.8, 4) is 11.3 Å². The Morgan fingerprint density at radius 1 is 1.20 bits per heavy atom. The van der Waals surface area contributed by atoms with Crippen molar-refractivity contribution in [1.82, 2.24) is 9.97 Å². The topological polar surface area (TPSA) is 37.8 Å². The third kappa shape index (κ3) is 2.79. The summed E-state index contributed by atoms with van der Waals surface area (Å²) in [5, 5.41) is 3.06. The first-order chi connectivity index (χ1) is 9.56. The molecule has 0 saturated carbocycles. The molecule has 1 heterocycles. The molecule has 3 nitrogen and oxygen atoms in total. The lowest BCUT2D eigenvalue weighted by molar-refractivity contribution is 0.630. The van der Waals surface area contributed by atoms with Gasteiger partial charge < -0.3 is 5.32 Å². The number of hydrogen-bond acceptors (Lipinski definition) is 3. The summed E-state index contributed by atoms with van der Waals surface area (Å²) >= 11 is 0. The highest BCUT2D eigenvalue weighted by molar-refractivity contribution is 5.69. The summed E-state index contributed by atoms with van der Waals surface area (Å²) in [4.78, 5) is 9.03. The summed E-state index contributed by atoms with van der Waals surface area (Å²) in [7, 11) is 1.82. The molecule has 0 amide bonds. The second-order valence-corrected chi connectivity index (χ2v) is 4.95. The maximum absolute atomic E-state index is 14.1. The Kier molecular flexibility index (Phi) is 4.32. The number of hydrogen-bond donors (Lipinski definition) is 1. The highest BCUT2D eigenvalue weighted by Gasteiger charge is 2.15. The van der Waals surface area contributed by atoms with Gasteiger partial charge >= 0.3 is 0 Å². The Morgan fingerprint density at radius 2 is 1.95 bits per heavy atom. The van der Waals surface area contributed by atoms with Crippen LogP contribution in [0.2, 0.25) is 0 Å². The van der Waals surface area contributed by atoms with Crippen LogP contribution in [0.3, 0.4) is 0 Å². The fourth-order valence-electron chi connectivity index (χ4n) is 2.22. The summed E-state index contributed by atoms with van der Waals surface area (Å²) in [6, 6.07) is 5.09.